The number of amides is 2. The van der Waals surface area contributed by atoms with Gasteiger partial charge in [-0.2, -0.15) is 0 Å². The zero-order valence-electron chi connectivity index (χ0n) is 16.8. The van der Waals surface area contributed by atoms with Crippen LogP contribution in [-0.4, -0.2) is 37.2 Å². The van der Waals surface area contributed by atoms with Gasteiger partial charge in [-0.15, -0.1) is 0 Å². The molecule has 0 aliphatic rings. The Bertz CT molecular complexity index is 1130. The lowest BCUT2D eigenvalue weighted by molar-refractivity contribution is -0.139. The van der Waals surface area contributed by atoms with Crippen molar-refractivity contribution < 1.29 is 23.9 Å². The monoisotopic (exact) mass is 416 g/mol. The van der Waals surface area contributed by atoms with Crippen LogP contribution in [0.5, 0.6) is 0 Å². The molecule has 0 aromatic heterocycles. The van der Waals surface area contributed by atoms with Crippen LogP contribution >= 0.6 is 0 Å². The highest BCUT2D eigenvalue weighted by Crippen LogP contribution is 2.18. The van der Waals surface area contributed by atoms with Crippen molar-refractivity contribution in [2.45, 2.75) is 0 Å². The molecule has 156 valence electrons. The molecule has 7 heteroatoms. The van der Waals surface area contributed by atoms with E-state index >= 15 is 0 Å². The van der Waals surface area contributed by atoms with Crippen LogP contribution in [-0.2, 0) is 9.53 Å². The lowest BCUT2D eigenvalue weighted by Gasteiger charge is -2.11. The molecule has 0 aliphatic heterocycles. The fraction of sp³-hybridized carbons (Fsp3) is 0.0833. The maximum absolute atomic E-state index is 12.9. The number of nitrogens with one attached hydrogen (secondary N) is 2. The largest absolute Gasteiger partial charge is 0.468 e. The second-order valence-electron chi connectivity index (χ2n) is 6.53. The number of methoxy groups -OCH3 is 1. The number of benzene rings is 3. The maximum Gasteiger partial charge on any atom is 0.325 e. The van der Waals surface area contributed by atoms with E-state index in [0.29, 0.717) is 11.3 Å². The third-order valence-corrected chi connectivity index (χ3v) is 4.46. The Morgan fingerprint density at radius 2 is 1.39 bits per heavy atom. The molecule has 31 heavy (non-hydrogen) atoms. The number of esters is 1. The van der Waals surface area contributed by atoms with Crippen LogP contribution in [0.25, 0.3) is 0 Å². The van der Waals surface area contributed by atoms with Crippen molar-refractivity contribution in [1.82, 2.24) is 5.32 Å². The molecule has 0 heterocycles. The Balaban J connectivity index is 1.78. The standard InChI is InChI=1S/C24H20N2O5/c1-31-21(27)15-25-23(29)17-10-7-11-18(14-17)26-24(30)20-13-6-5-12-19(20)22(28)16-8-3-2-4-9-16/h2-14H,15H2,1H3,(H,25,29)(H,26,30). The number of carbonyl (C=O) groups is 4. The van der Waals surface area contributed by atoms with Crippen LogP contribution in [0.2, 0.25) is 0 Å². The highest BCUT2D eigenvalue weighted by molar-refractivity contribution is 6.17. The van der Waals surface area contributed by atoms with Gasteiger partial charge in [0.2, 0.25) is 0 Å². The van der Waals surface area contributed by atoms with Gasteiger partial charge in [0, 0.05) is 22.4 Å². The van der Waals surface area contributed by atoms with Crippen LogP contribution in [0.15, 0.2) is 78.9 Å². The van der Waals surface area contributed by atoms with Crippen molar-refractivity contribution >= 4 is 29.3 Å². The summed E-state index contributed by atoms with van der Waals surface area (Å²) in [5.41, 5.74) is 1.61. The minimum absolute atomic E-state index is 0.219. The van der Waals surface area contributed by atoms with E-state index in [0.717, 1.165) is 0 Å². The number of ketones is 1. The maximum atomic E-state index is 12.9. The van der Waals surface area contributed by atoms with Crippen molar-refractivity contribution in [3.8, 4) is 0 Å². The highest BCUT2D eigenvalue weighted by Gasteiger charge is 2.18. The molecule has 0 bridgehead atoms. The van der Waals surface area contributed by atoms with E-state index in [2.05, 4.69) is 15.4 Å². The second kappa shape index (κ2) is 9.98. The van der Waals surface area contributed by atoms with E-state index in [9.17, 15) is 19.2 Å². The first-order valence-corrected chi connectivity index (χ1v) is 9.45. The summed E-state index contributed by atoms with van der Waals surface area (Å²) in [5.74, 6) is -1.80. The van der Waals surface area contributed by atoms with Crippen molar-refractivity contribution in [1.29, 1.82) is 0 Å². The molecule has 0 saturated carbocycles. The summed E-state index contributed by atoms with van der Waals surface area (Å²) in [6, 6.07) is 21.5. The highest BCUT2D eigenvalue weighted by atomic mass is 16.5. The van der Waals surface area contributed by atoms with Crippen molar-refractivity contribution in [3.63, 3.8) is 0 Å². The summed E-state index contributed by atoms with van der Waals surface area (Å²) < 4.78 is 4.49. The molecule has 7 nitrogen and oxygen atoms in total. The number of hydrogen-bond donors (Lipinski definition) is 2. The van der Waals surface area contributed by atoms with Gasteiger partial charge in [-0.3, -0.25) is 19.2 Å². The van der Waals surface area contributed by atoms with Gasteiger partial charge in [-0.05, 0) is 24.3 Å². The van der Waals surface area contributed by atoms with Gasteiger partial charge in [0.1, 0.15) is 6.54 Å². The predicted molar refractivity (Wildman–Crippen MR) is 115 cm³/mol. The van der Waals surface area contributed by atoms with E-state index in [1.54, 1.807) is 66.7 Å². The zero-order valence-corrected chi connectivity index (χ0v) is 16.8. The van der Waals surface area contributed by atoms with E-state index in [4.69, 9.17) is 0 Å². The van der Waals surface area contributed by atoms with Crippen LogP contribution < -0.4 is 10.6 Å². The molecule has 0 aliphatic carbocycles. The summed E-state index contributed by atoms with van der Waals surface area (Å²) in [5, 5.41) is 5.15. The average molecular weight is 416 g/mol. The second-order valence-corrected chi connectivity index (χ2v) is 6.53. The van der Waals surface area contributed by atoms with Crippen LogP contribution in [0, 0.1) is 0 Å². The van der Waals surface area contributed by atoms with Gasteiger partial charge in [0.05, 0.1) is 12.7 Å². The molecule has 0 spiro atoms. The molecule has 0 fully saturated rings. The van der Waals surface area contributed by atoms with E-state index in [-0.39, 0.29) is 29.0 Å². The molecule has 3 aromatic carbocycles. The topological polar surface area (TPSA) is 102 Å². The lowest BCUT2D eigenvalue weighted by atomic mass is 9.98. The van der Waals surface area contributed by atoms with Gasteiger partial charge < -0.3 is 15.4 Å². The fourth-order valence-electron chi connectivity index (χ4n) is 2.89. The van der Waals surface area contributed by atoms with Gasteiger partial charge >= 0.3 is 5.97 Å². The van der Waals surface area contributed by atoms with Crippen molar-refractivity contribution in [3.05, 3.63) is 101 Å². The van der Waals surface area contributed by atoms with Gasteiger partial charge in [-0.1, -0.05) is 54.6 Å². The third kappa shape index (κ3) is 5.42. The minimum Gasteiger partial charge on any atom is -0.468 e. The summed E-state index contributed by atoms with van der Waals surface area (Å²) >= 11 is 0. The number of anilines is 1. The molecule has 0 atom stereocenters. The summed E-state index contributed by atoms with van der Waals surface area (Å²) in [7, 11) is 1.23. The number of carbonyl (C=O) groups excluding carboxylic acids is 4. The quantitative estimate of drug-likeness (QED) is 0.455. The molecule has 3 aromatic rings. The Hall–Kier alpha value is -4.26. The number of hydrogen-bond acceptors (Lipinski definition) is 5. The minimum atomic E-state index is -0.572. The van der Waals surface area contributed by atoms with E-state index in [1.165, 1.54) is 13.2 Å². The van der Waals surface area contributed by atoms with Crippen molar-refractivity contribution in [2.24, 2.45) is 0 Å². The van der Waals surface area contributed by atoms with E-state index < -0.39 is 17.8 Å². The van der Waals surface area contributed by atoms with Crippen LogP contribution in [0.4, 0.5) is 5.69 Å². The molecule has 2 amide bonds. The van der Waals surface area contributed by atoms with E-state index in [1.807, 2.05) is 6.07 Å². The molecular weight excluding hydrogens is 396 g/mol. The average Bonchev–Trinajstić information content (AvgIpc) is 2.82. The SMILES string of the molecule is COC(=O)CNC(=O)c1cccc(NC(=O)c2ccccc2C(=O)c2ccccc2)c1. The normalized spacial score (nSPS) is 10.1. The van der Waals surface area contributed by atoms with Gasteiger partial charge in [0.25, 0.3) is 11.8 Å². The molecular formula is C24H20N2O5. The Morgan fingerprint density at radius 1 is 0.742 bits per heavy atom. The molecule has 0 radical (unpaired) electrons. The summed E-state index contributed by atoms with van der Waals surface area (Å²) in [6.07, 6.45) is 0. The van der Waals surface area contributed by atoms with Gasteiger partial charge in [-0.25, -0.2) is 0 Å². The first-order valence-electron chi connectivity index (χ1n) is 9.45. The molecule has 0 unspecified atom stereocenters. The third-order valence-electron chi connectivity index (χ3n) is 4.46. The smallest absolute Gasteiger partial charge is 0.325 e. The Labute approximate surface area is 179 Å². The Kier molecular flexibility index (Phi) is 6.90. The lowest BCUT2D eigenvalue weighted by Crippen LogP contribution is -2.30. The summed E-state index contributed by atoms with van der Waals surface area (Å²) in [6.45, 7) is -0.263. The van der Waals surface area contributed by atoms with Crippen LogP contribution in [0.1, 0.15) is 36.6 Å². The fourth-order valence-corrected chi connectivity index (χ4v) is 2.89. The molecule has 0 saturated heterocycles. The first kappa shape index (κ1) is 21.4. The number of rotatable bonds is 7. The molecule has 3 rings (SSSR count). The predicted octanol–water partition coefficient (Wildman–Crippen LogP) is 3.07. The zero-order chi connectivity index (χ0) is 22.2. The first-order chi connectivity index (χ1) is 15.0. The van der Waals surface area contributed by atoms with Crippen molar-refractivity contribution in [2.75, 3.05) is 19.0 Å². The van der Waals surface area contributed by atoms with Crippen LogP contribution in [0.3, 0.4) is 0 Å². The van der Waals surface area contributed by atoms with Gasteiger partial charge in [0.15, 0.2) is 5.78 Å². The summed E-state index contributed by atoms with van der Waals surface area (Å²) in [4.78, 5) is 49.1. The Morgan fingerprint density at radius 3 is 2.10 bits per heavy atom. The number of ether oxygens (including phenoxy) is 1. The molecule has 2 N–H and O–H groups in total.